The second-order valence-corrected chi connectivity index (χ2v) is 6.63. The van der Waals surface area contributed by atoms with E-state index >= 15 is 0 Å². The van der Waals surface area contributed by atoms with Gasteiger partial charge < -0.3 is 5.11 Å². The van der Waals surface area contributed by atoms with Gasteiger partial charge in [0, 0.05) is 63.1 Å². The average Bonchev–Trinajstić information content (AvgIpc) is 3.15. The summed E-state index contributed by atoms with van der Waals surface area (Å²) >= 11 is 0. The summed E-state index contributed by atoms with van der Waals surface area (Å²) in [6.07, 6.45) is 4.36. The highest BCUT2D eigenvalue weighted by Gasteiger charge is 2.24. The minimum atomic E-state index is -0.832. The topological polar surface area (TPSA) is 129 Å². The van der Waals surface area contributed by atoms with Gasteiger partial charge in [0.15, 0.2) is 0 Å². The molecule has 2 heterocycles. The van der Waals surface area contributed by atoms with Crippen LogP contribution in [0, 0.1) is 0 Å². The molecule has 9 nitrogen and oxygen atoms in total. The van der Waals surface area contributed by atoms with E-state index in [4.69, 9.17) is 0 Å². The second kappa shape index (κ2) is 9.84. The Morgan fingerprint density at radius 3 is 1.32 bits per heavy atom. The molecule has 2 rings (SSSR count). The Bertz CT molecular complexity index is 655. The van der Waals surface area contributed by atoms with Gasteiger partial charge in [-0.15, -0.1) is 0 Å². The number of carbonyl (C=O) groups excluding carboxylic acids is 6. The number of carbonyl (C=O) groups is 6. The molecule has 0 bridgehead atoms. The Morgan fingerprint density at radius 2 is 1.00 bits per heavy atom. The molecule has 1 N–H and O–H groups in total. The van der Waals surface area contributed by atoms with Crippen LogP contribution < -0.4 is 0 Å². The Morgan fingerprint density at radius 1 is 0.679 bits per heavy atom. The minimum Gasteiger partial charge on any atom is -0.393 e. The largest absolute Gasteiger partial charge is 0.393 e. The zero-order valence-electron chi connectivity index (χ0n) is 15.3. The molecule has 0 radical (unpaired) electrons. The van der Waals surface area contributed by atoms with E-state index in [2.05, 4.69) is 0 Å². The summed E-state index contributed by atoms with van der Waals surface area (Å²) in [5, 5.41) is 9.91. The fourth-order valence-electron chi connectivity index (χ4n) is 2.83. The van der Waals surface area contributed by atoms with E-state index in [0.717, 1.165) is 34.1 Å². The van der Waals surface area contributed by atoms with Crippen molar-refractivity contribution in [1.29, 1.82) is 0 Å². The predicted molar refractivity (Wildman–Crippen MR) is 95.4 cm³/mol. The van der Waals surface area contributed by atoms with Crippen molar-refractivity contribution in [2.45, 2.75) is 44.6 Å². The molecule has 0 spiro atoms. The third-order valence-corrected chi connectivity index (χ3v) is 4.54. The summed E-state index contributed by atoms with van der Waals surface area (Å²) in [6, 6.07) is 0. The van der Waals surface area contributed by atoms with E-state index < -0.39 is 29.7 Å². The zero-order chi connectivity index (χ0) is 20.7. The molecule has 2 aliphatic heterocycles. The monoisotopic (exact) mass is 390 g/mol. The summed E-state index contributed by atoms with van der Waals surface area (Å²) < 4.78 is 0. The maximum Gasteiger partial charge on any atom is 0.253 e. The molecule has 4 amide bonds. The fourth-order valence-corrected chi connectivity index (χ4v) is 2.83. The number of aliphatic hydroxyl groups is 1. The molecular formula is C19H22N2O7. The Labute approximate surface area is 161 Å². The van der Waals surface area contributed by atoms with Crippen LogP contribution >= 0.6 is 0 Å². The molecule has 0 fully saturated rings. The third kappa shape index (κ3) is 6.05. The van der Waals surface area contributed by atoms with E-state index in [1.165, 1.54) is 0 Å². The fraction of sp³-hybridized carbons (Fsp3) is 0.474. The summed E-state index contributed by atoms with van der Waals surface area (Å²) in [7, 11) is 0. The Balaban J connectivity index is 1.57. The van der Waals surface area contributed by atoms with E-state index in [0.29, 0.717) is 0 Å². The van der Waals surface area contributed by atoms with Crippen LogP contribution in [0.2, 0.25) is 0 Å². The van der Waals surface area contributed by atoms with Crippen LogP contribution in [0.4, 0.5) is 0 Å². The standard InChI is InChI=1S/C19H22N2O7/c22-13(1-3-14(23)9-11-20-16(25)5-6-17(20)26)2-4-15(24)10-12-21-18(27)7-8-19(21)28/h5-8,13,22H,1-4,9-12H2. The molecule has 0 aliphatic carbocycles. The van der Waals surface area contributed by atoms with Gasteiger partial charge in [-0.2, -0.15) is 0 Å². The van der Waals surface area contributed by atoms with Crippen molar-refractivity contribution in [3.8, 4) is 0 Å². The maximum absolute atomic E-state index is 11.8. The van der Waals surface area contributed by atoms with E-state index in [1.807, 2.05) is 0 Å². The molecule has 28 heavy (non-hydrogen) atoms. The zero-order valence-corrected chi connectivity index (χ0v) is 15.3. The molecule has 0 saturated heterocycles. The van der Waals surface area contributed by atoms with E-state index in [-0.39, 0.29) is 63.2 Å². The lowest BCUT2D eigenvalue weighted by atomic mass is 10.0. The lowest BCUT2D eigenvalue weighted by molar-refractivity contribution is -0.139. The first kappa shape index (κ1) is 21.4. The van der Waals surface area contributed by atoms with Gasteiger partial charge in [-0.05, 0) is 12.8 Å². The minimum absolute atomic E-state index is 0.0148. The lowest BCUT2D eigenvalue weighted by Gasteiger charge is -2.14. The van der Waals surface area contributed by atoms with Crippen molar-refractivity contribution in [1.82, 2.24) is 9.80 Å². The number of Topliss-reactive ketones (excluding diaryl/α,β-unsaturated/α-hetero) is 2. The summed E-state index contributed by atoms with van der Waals surface area (Å²) in [5.74, 6) is -2.13. The third-order valence-electron chi connectivity index (χ3n) is 4.54. The molecule has 0 aromatic rings. The molecule has 0 aromatic heterocycles. The average molecular weight is 390 g/mol. The number of hydrogen-bond acceptors (Lipinski definition) is 7. The maximum atomic E-state index is 11.8. The number of imide groups is 2. The quantitative estimate of drug-likeness (QED) is 0.452. The summed E-state index contributed by atoms with van der Waals surface area (Å²) in [6.45, 7) is 0.0295. The lowest BCUT2D eigenvalue weighted by Crippen LogP contribution is -2.32. The van der Waals surface area contributed by atoms with Gasteiger partial charge in [0.05, 0.1) is 6.10 Å². The molecule has 9 heteroatoms. The van der Waals surface area contributed by atoms with Crippen molar-refractivity contribution < 1.29 is 33.9 Å². The van der Waals surface area contributed by atoms with Gasteiger partial charge in [0.2, 0.25) is 0 Å². The van der Waals surface area contributed by atoms with E-state index in [9.17, 15) is 33.9 Å². The molecule has 2 aliphatic rings. The number of nitrogens with zero attached hydrogens (tertiary/aromatic N) is 2. The molecule has 0 aromatic carbocycles. The van der Waals surface area contributed by atoms with Crippen LogP contribution in [-0.4, -0.2) is 69.3 Å². The van der Waals surface area contributed by atoms with Crippen molar-refractivity contribution >= 4 is 35.2 Å². The first-order valence-electron chi connectivity index (χ1n) is 9.06. The van der Waals surface area contributed by atoms with Gasteiger partial charge in [0.25, 0.3) is 23.6 Å². The van der Waals surface area contributed by atoms with Gasteiger partial charge in [-0.25, -0.2) is 0 Å². The van der Waals surface area contributed by atoms with Crippen molar-refractivity contribution in [2.24, 2.45) is 0 Å². The van der Waals surface area contributed by atoms with Crippen LogP contribution in [0.15, 0.2) is 24.3 Å². The molecule has 150 valence electrons. The SMILES string of the molecule is O=C(CCC(O)CCC(=O)CCN1C(=O)C=CC1=O)CCN1C(=O)C=CC1=O. The van der Waals surface area contributed by atoms with Gasteiger partial charge in [-0.3, -0.25) is 38.6 Å². The highest BCUT2D eigenvalue weighted by Crippen LogP contribution is 2.11. The van der Waals surface area contributed by atoms with Gasteiger partial charge >= 0.3 is 0 Å². The molecule has 0 unspecified atom stereocenters. The first-order valence-corrected chi connectivity index (χ1v) is 9.06. The Kier molecular flexibility index (Phi) is 7.51. The van der Waals surface area contributed by atoms with Crippen molar-refractivity contribution in [2.75, 3.05) is 13.1 Å². The van der Waals surface area contributed by atoms with Crippen LogP contribution in [0.5, 0.6) is 0 Å². The molecule has 0 atom stereocenters. The predicted octanol–water partition coefficient (Wildman–Crippen LogP) is -0.324. The summed E-state index contributed by atoms with van der Waals surface area (Å²) in [4.78, 5) is 71.2. The van der Waals surface area contributed by atoms with Crippen LogP contribution in [-0.2, 0) is 28.8 Å². The molecular weight excluding hydrogens is 368 g/mol. The van der Waals surface area contributed by atoms with E-state index in [1.54, 1.807) is 0 Å². The second-order valence-electron chi connectivity index (χ2n) is 6.63. The van der Waals surface area contributed by atoms with Crippen LogP contribution in [0.25, 0.3) is 0 Å². The molecule has 0 saturated carbocycles. The van der Waals surface area contributed by atoms with Crippen molar-refractivity contribution in [3.63, 3.8) is 0 Å². The highest BCUT2D eigenvalue weighted by molar-refractivity contribution is 6.13. The van der Waals surface area contributed by atoms with Gasteiger partial charge in [0.1, 0.15) is 11.6 Å². The Hall–Kier alpha value is -2.94. The number of ketones is 2. The first-order chi connectivity index (χ1) is 13.3. The number of rotatable bonds is 12. The number of aliphatic hydroxyl groups excluding tert-OH is 1. The number of amides is 4. The van der Waals surface area contributed by atoms with Crippen molar-refractivity contribution in [3.05, 3.63) is 24.3 Å². The smallest absolute Gasteiger partial charge is 0.253 e. The van der Waals surface area contributed by atoms with Crippen LogP contribution in [0.1, 0.15) is 38.5 Å². The van der Waals surface area contributed by atoms with Crippen LogP contribution in [0.3, 0.4) is 0 Å². The summed E-state index contributed by atoms with van der Waals surface area (Å²) in [5.41, 5.74) is 0. The number of hydrogen-bond donors (Lipinski definition) is 1. The van der Waals surface area contributed by atoms with Gasteiger partial charge in [-0.1, -0.05) is 0 Å². The highest BCUT2D eigenvalue weighted by atomic mass is 16.3. The normalized spacial score (nSPS) is 16.2.